The van der Waals surface area contributed by atoms with Crippen molar-refractivity contribution < 1.29 is 8.42 Å². The molecule has 4 rings (SSSR count). The minimum absolute atomic E-state index is 0.0349. The Morgan fingerprint density at radius 3 is 2.64 bits per heavy atom. The van der Waals surface area contributed by atoms with Gasteiger partial charge in [0.05, 0.1) is 16.8 Å². The summed E-state index contributed by atoms with van der Waals surface area (Å²) >= 11 is 8.90. The van der Waals surface area contributed by atoms with Gasteiger partial charge < -0.3 is 0 Å². The van der Waals surface area contributed by atoms with E-state index < -0.39 is 9.84 Å². The number of aryl methyl sites for hydroxylation is 2. The average Bonchev–Trinajstić information content (AvgIpc) is 3.00. The molecule has 0 unspecified atom stereocenters. The Balaban J connectivity index is 1.88. The first-order chi connectivity index (χ1) is 13.3. The van der Waals surface area contributed by atoms with E-state index in [1.54, 1.807) is 40.2 Å². The van der Waals surface area contributed by atoms with Crippen molar-refractivity contribution in [2.24, 2.45) is 0 Å². The average molecular weight is 455 g/mol. The van der Waals surface area contributed by atoms with Crippen LogP contribution < -0.4 is 5.56 Å². The van der Waals surface area contributed by atoms with Gasteiger partial charge in [0, 0.05) is 21.9 Å². The van der Waals surface area contributed by atoms with Crippen LogP contribution in [0, 0.1) is 0 Å². The van der Waals surface area contributed by atoms with Gasteiger partial charge >= 0.3 is 0 Å². The SMILES string of the molecule is CS(=O)(=O)CCSc1nc2sc3c(c2c(=O)n1-c1ccc(Cl)cc1)CCCC3. The van der Waals surface area contributed by atoms with Gasteiger partial charge in [0.15, 0.2) is 5.16 Å². The van der Waals surface area contributed by atoms with Crippen LogP contribution in [0.4, 0.5) is 0 Å². The fourth-order valence-electron chi connectivity index (χ4n) is 3.39. The van der Waals surface area contributed by atoms with E-state index in [-0.39, 0.29) is 11.3 Å². The topological polar surface area (TPSA) is 69.0 Å². The summed E-state index contributed by atoms with van der Waals surface area (Å²) in [6, 6.07) is 7.05. The highest BCUT2D eigenvalue weighted by Gasteiger charge is 2.23. The van der Waals surface area contributed by atoms with Gasteiger partial charge in [-0.15, -0.1) is 11.3 Å². The van der Waals surface area contributed by atoms with Crippen LogP contribution >= 0.6 is 34.7 Å². The molecule has 5 nitrogen and oxygen atoms in total. The lowest BCUT2D eigenvalue weighted by Gasteiger charge is -2.13. The molecule has 0 spiro atoms. The number of nitrogens with zero attached hydrogens (tertiary/aromatic N) is 2. The lowest BCUT2D eigenvalue weighted by atomic mass is 9.97. The largest absolute Gasteiger partial charge is 0.268 e. The van der Waals surface area contributed by atoms with E-state index in [0.717, 1.165) is 36.1 Å². The van der Waals surface area contributed by atoms with Crippen molar-refractivity contribution in [3.63, 3.8) is 0 Å². The molecule has 1 aromatic carbocycles. The van der Waals surface area contributed by atoms with Crippen molar-refractivity contribution >= 4 is 54.8 Å². The lowest BCUT2D eigenvalue weighted by molar-refractivity contribution is 0.603. The Hall–Kier alpha value is -1.35. The predicted molar refractivity (Wildman–Crippen MR) is 117 cm³/mol. The first-order valence-electron chi connectivity index (χ1n) is 8.97. The van der Waals surface area contributed by atoms with E-state index in [1.807, 2.05) is 0 Å². The van der Waals surface area contributed by atoms with E-state index in [0.29, 0.717) is 27.0 Å². The molecule has 0 saturated carbocycles. The van der Waals surface area contributed by atoms with Crippen LogP contribution in [0.1, 0.15) is 23.3 Å². The van der Waals surface area contributed by atoms with Crippen molar-refractivity contribution in [1.29, 1.82) is 0 Å². The van der Waals surface area contributed by atoms with E-state index in [1.165, 1.54) is 22.9 Å². The first-order valence-corrected chi connectivity index (χ1v) is 13.2. The van der Waals surface area contributed by atoms with Crippen LogP contribution in [0.25, 0.3) is 15.9 Å². The quantitative estimate of drug-likeness (QED) is 0.428. The summed E-state index contributed by atoms with van der Waals surface area (Å²) < 4.78 is 24.6. The number of aromatic nitrogens is 2. The first kappa shape index (κ1) is 19.9. The number of halogens is 1. The van der Waals surface area contributed by atoms with E-state index in [9.17, 15) is 13.2 Å². The zero-order valence-corrected chi connectivity index (χ0v) is 18.5. The number of rotatable bonds is 5. The lowest BCUT2D eigenvalue weighted by Crippen LogP contribution is -2.22. The molecular formula is C19H19ClN2O3S3. The molecule has 9 heteroatoms. The summed E-state index contributed by atoms with van der Waals surface area (Å²) in [4.78, 5) is 20.3. The van der Waals surface area contributed by atoms with Crippen molar-refractivity contribution in [2.45, 2.75) is 30.8 Å². The van der Waals surface area contributed by atoms with Crippen LogP contribution in [-0.4, -0.2) is 35.7 Å². The molecule has 28 heavy (non-hydrogen) atoms. The number of hydrogen-bond donors (Lipinski definition) is 0. The molecule has 0 bridgehead atoms. The molecule has 0 fully saturated rings. The van der Waals surface area contributed by atoms with Crippen molar-refractivity contribution in [1.82, 2.24) is 9.55 Å². The molecule has 0 radical (unpaired) electrons. The number of thiophene rings is 1. The highest BCUT2D eigenvalue weighted by atomic mass is 35.5. The van der Waals surface area contributed by atoms with Gasteiger partial charge in [0.1, 0.15) is 14.7 Å². The maximum atomic E-state index is 13.5. The summed E-state index contributed by atoms with van der Waals surface area (Å²) in [5, 5.41) is 1.81. The zero-order valence-electron chi connectivity index (χ0n) is 15.3. The monoisotopic (exact) mass is 454 g/mol. The number of benzene rings is 1. The Morgan fingerprint density at radius 2 is 1.93 bits per heavy atom. The Labute approximate surface area is 176 Å². The summed E-state index contributed by atoms with van der Waals surface area (Å²) in [5.74, 6) is 0.378. The van der Waals surface area contributed by atoms with Crippen molar-refractivity contribution in [3.8, 4) is 5.69 Å². The molecule has 1 aliphatic carbocycles. The second-order valence-electron chi connectivity index (χ2n) is 6.88. The van der Waals surface area contributed by atoms with Crippen LogP contribution in [0.15, 0.2) is 34.2 Å². The molecule has 1 aliphatic rings. The minimum atomic E-state index is -3.08. The second-order valence-corrected chi connectivity index (χ2v) is 11.7. The van der Waals surface area contributed by atoms with Crippen LogP contribution in [0.2, 0.25) is 5.02 Å². The normalized spacial score (nSPS) is 14.4. The van der Waals surface area contributed by atoms with E-state index in [4.69, 9.17) is 16.6 Å². The predicted octanol–water partition coefficient (Wildman–Crippen LogP) is 4.12. The number of fused-ring (bicyclic) bond motifs is 3. The summed E-state index contributed by atoms with van der Waals surface area (Å²) in [7, 11) is -3.08. The smallest absolute Gasteiger partial charge is 0.267 e. The third-order valence-electron chi connectivity index (χ3n) is 4.73. The maximum absolute atomic E-state index is 13.5. The van der Waals surface area contributed by atoms with Gasteiger partial charge in [-0.05, 0) is 55.5 Å². The molecule has 0 aliphatic heterocycles. The van der Waals surface area contributed by atoms with E-state index in [2.05, 4.69) is 0 Å². The second kappa shape index (κ2) is 7.82. The Bertz CT molecular complexity index is 1200. The summed E-state index contributed by atoms with van der Waals surface area (Å²) in [6.07, 6.45) is 5.34. The number of thioether (sulfide) groups is 1. The highest BCUT2D eigenvalue weighted by Crippen LogP contribution is 2.35. The molecule has 2 aromatic heterocycles. The third-order valence-corrected chi connectivity index (χ3v) is 8.31. The van der Waals surface area contributed by atoms with Crippen LogP contribution in [0.3, 0.4) is 0 Å². The van der Waals surface area contributed by atoms with Gasteiger partial charge in [-0.25, -0.2) is 13.4 Å². The summed E-state index contributed by atoms with van der Waals surface area (Å²) in [5.41, 5.74) is 1.73. The van der Waals surface area contributed by atoms with Crippen LogP contribution in [-0.2, 0) is 22.7 Å². The van der Waals surface area contributed by atoms with Crippen molar-refractivity contribution in [2.75, 3.05) is 17.8 Å². The minimum Gasteiger partial charge on any atom is -0.268 e. The van der Waals surface area contributed by atoms with Gasteiger partial charge in [0.25, 0.3) is 5.56 Å². The van der Waals surface area contributed by atoms with Crippen LogP contribution in [0.5, 0.6) is 0 Å². The van der Waals surface area contributed by atoms with Gasteiger partial charge in [-0.1, -0.05) is 23.4 Å². The summed E-state index contributed by atoms with van der Waals surface area (Å²) in [6.45, 7) is 0. The number of sulfone groups is 1. The zero-order chi connectivity index (χ0) is 19.9. The molecular weight excluding hydrogens is 436 g/mol. The molecule has 0 atom stereocenters. The third kappa shape index (κ3) is 4.01. The molecule has 3 aromatic rings. The molecule has 0 saturated heterocycles. The highest BCUT2D eigenvalue weighted by molar-refractivity contribution is 8.00. The molecule has 0 N–H and O–H groups in total. The van der Waals surface area contributed by atoms with Crippen molar-refractivity contribution in [3.05, 3.63) is 50.1 Å². The molecule has 2 heterocycles. The van der Waals surface area contributed by atoms with Gasteiger partial charge in [-0.2, -0.15) is 0 Å². The van der Waals surface area contributed by atoms with Gasteiger partial charge in [-0.3, -0.25) is 9.36 Å². The van der Waals surface area contributed by atoms with Gasteiger partial charge in [0.2, 0.25) is 0 Å². The Kier molecular flexibility index (Phi) is 5.57. The van der Waals surface area contributed by atoms with E-state index >= 15 is 0 Å². The number of hydrogen-bond acceptors (Lipinski definition) is 6. The standard InChI is InChI=1S/C19H19ClN2O3S3/c1-28(24,25)11-10-26-19-21-17-16(14-4-2-3-5-15(14)27-17)18(23)22(19)13-8-6-12(20)7-9-13/h6-9H,2-5,10-11H2,1H3. The Morgan fingerprint density at radius 1 is 1.21 bits per heavy atom. The fraction of sp³-hybridized carbons (Fsp3) is 0.368. The fourth-order valence-corrected chi connectivity index (χ4v) is 7.02. The molecule has 0 amide bonds. The molecule has 148 valence electrons. The maximum Gasteiger partial charge on any atom is 0.267 e.